The maximum atomic E-state index is 12.5. The van der Waals surface area contributed by atoms with Gasteiger partial charge in [-0.05, 0) is 35.9 Å². The van der Waals surface area contributed by atoms with E-state index < -0.39 is 5.97 Å². The second kappa shape index (κ2) is 9.89. The fourth-order valence-corrected chi connectivity index (χ4v) is 2.97. The van der Waals surface area contributed by atoms with Gasteiger partial charge in [-0.15, -0.1) is 0 Å². The average Bonchev–Trinajstić information content (AvgIpc) is 2.83. The van der Waals surface area contributed by atoms with E-state index in [0.717, 1.165) is 5.56 Å². The highest BCUT2D eigenvalue weighted by Gasteiger charge is 2.10. The maximum Gasteiger partial charge on any atom is 0.357 e. The second-order valence-corrected chi connectivity index (χ2v) is 7.23. The number of hydrogen-bond donors (Lipinski definition) is 0. The molecule has 160 valence electrons. The summed E-state index contributed by atoms with van der Waals surface area (Å²) in [6.45, 7) is 0.373. The van der Waals surface area contributed by atoms with Crippen molar-refractivity contribution in [1.82, 2.24) is 14.5 Å². The number of carbonyl (C=O) groups is 1. The number of carbonyl (C=O) groups excluding carboxylic acids is 1. The molecule has 3 aromatic heterocycles. The summed E-state index contributed by atoms with van der Waals surface area (Å²) in [6.07, 6.45) is 4.56. The zero-order chi connectivity index (χ0) is 22.3. The molecule has 0 saturated heterocycles. The van der Waals surface area contributed by atoms with Crippen LogP contribution in [0.5, 0.6) is 5.75 Å². The molecular weight excluding hydrogens is 430 g/mol. The van der Waals surface area contributed by atoms with Crippen molar-refractivity contribution in [3.63, 3.8) is 0 Å². The summed E-state index contributed by atoms with van der Waals surface area (Å²) in [6, 6.07) is 19.0. The van der Waals surface area contributed by atoms with Crippen molar-refractivity contribution in [3.8, 4) is 11.4 Å². The topological polar surface area (TPSA) is 83.3 Å². The molecule has 4 aromatic rings. The predicted molar refractivity (Wildman–Crippen MR) is 119 cm³/mol. The van der Waals surface area contributed by atoms with Gasteiger partial charge in [-0.3, -0.25) is 14.3 Å². The molecular formula is C24H18ClN3O4. The third-order valence-corrected chi connectivity index (χ3v) is 4.74. The summed E-state index contributed by atoms with van der Waals surface area (Å²) in [7, 11) is 0. The number of hydrogen-bond acceptors (Lipinski definition) is 6. The molecule has 4 rings (SSSR count). The van der Waals surface area contributed by atoms with Crippen molar-refractivity contribution >= 4 is 17.6 Å². The van der Waals surface area contributed by atoms with Gasteiger partial charge in [0.1, 0.15) is 24.7 Å². The Morgan fingerprint density at radius 3 is 2.47 bits per heavy atom. The first kappa shape index (κ1) is 21.3. The predicted octanol–water partition coefficient (Wildman–Crippen LogP) is 4.22. The van der Waals surface area contributed by atoms with Crippen LogP contribution >= 0.6 is 11.6 Å². The fraction of sp³-hybridized carbons (Fsp3) is 0.0833. The van der Waals surface area contributed by atoms with E-state index in [0.29, 0.717) is 22.2 Å². The Kier molecular flexibility index (Phi) is 6.57. The van der Waals surface area contributed by atoms with Gasteiger partial charge in [-0.2, -0.15) is 0 Å². The Morgan fingerprint density at radius 1 is 0.938 bits per heavy atom. The number of benzene rings is 1. The molecule has 0 aliphatic heterocycles. The standard InChI is InChI=1S/C24H18ClN3O4/c25-18-6-7-19(26-13-18)16-31-21-10-11-28(23(29)12-21)20-8-9-22(27-14-20)24(30)32-15-17-4-2-1-3-5-17/h1-14H,15-16H2. The third kappa shape index (κ3) is 5.39. The summed E-state index contributed by atoms with van der Waals surface area (Å²) < 4.78 is 12.3. The Balaban J connectivity index is 1.39. The van der Waals surface area contributed by atoms with Crippen LogP contribution in [0.25, 0.3) is 5.69 Å². The first-order chi connectivity index (χ1) is 15.6. The third-order valence-electron chi connectivity index (χ3n) is 4.51. The quantitative estimate of drug-likeness (QED) is 0.394. The van der Waals surface area contributed by atoms with Crippen LogP contribution in [0.4, 0.5) is 0 Å². The normalized spacial score (nSPS) is 10.5. The molecule has 0 aliphatic carbocycles. The lowest BCUT2D eigenvalue weighted by molar-refractivity contribution is 0.0466. The van der Waals surface area contributed by atoms with E-state index in [1.54, 1.807) is 30.5 Å². The Labute approximate surface area is 188 Å². The highest BCUT2D eigenvalue weighted by molar-refractivity contribution is 6.30. The van der Waals surface area contributed by atoms with Gasteiger partial charge in [0.15, 0.2) is 0 Å². The van der Waals surface area contributed by atoms with Crippen LogP contribution in [0.2, 0.25) is 5.02 Å². The molecule has 3 heterocycles. The fourth-order valence-electron chi connectivity index (χ4n) is 2.86. The highest BCUT2D eigenvalue weighted by Crippen LogP contribution is 2.13. The van der Waals surface area contributed by atoms with E-state index in [-0.39, 0.29) is 24.5 Å². The Hall–Kier alpha value is -3.97. The summed E-state index contributed by atoms with van der Waals surface area (Å²) in [5, 5.41) is 0.542. The molecule has 0 aliphatic rings. The molecule has 0 amide bonds. The lowest BCUT2D eigenvalue weighted by atomic mass is 10.2. The van der Waals surface area contributed by atoms with Crippen LogP contribution in [0.3, 0.4) is 0 Å². The van der Waals surface area contributed by atoms with Crippen LogP contribution in [-0.2, 0) is 18.0 Å². The number of ether oxygens (including phenoxy) is 2. The zero-order valence-electron chi connectivity index (χ0n) is 16.8. The number of halogens is 1. The molecule has 0 unspecified atom stereocenters. The molecule has 7 nitrogen and oxygen atoms in total. The van der Waals surface area contributed by atoms with E-state index in [2.05, 4.69) is 9.97 Å². The number of rotatable bonds is 7. The van der Waals surface area contributed by atoms with Crippen molar-refractivity contribution in [2.75, 3.05) is 0 Å². The first-order valence-corrected chi connectivity index (χ1v) is 10.1. The molecule has 0 spiro atoms. The monoisotopic (exact) mass is 447 g/mol. The Morgan fingerprint density at radius 2 is 1.78 bits per heavy atom. The first-order valence-electron chi connectivity index (χ1n) is 9.72. The highest BCUT2D eigenvalue weighted by atomic mass is 35.5. The second-order valence-electron chi connectivity index (χ2n) is 6.79. The lowest BCUT2D eigenvalue weighted by Gasteiger charge is -2.09. The summed E-state index contributed by atoms with van der Waals surface area (Å²) >= 11 is 5.82. The number of esters is 1. The molecule has 0 radical (unpaired) electrons. The van der Waals surface area contributed by atoms with Crippen LogP contribution in [-0.4, -0.2) is 20.5 Å². The summed E-state index contributed by atoms with van der Waals surface area (Å²) in [5.74, 6) is -0.121. The van der Waals surface area contributed by atoms with E-state index in [9.17, 15) is 9.59 Å². The van der Waals surface area contributed by atoms with E-state index >= 15 is 0 Å². The van der Waals surface area contributed by atoms with Gasteiger partial charge in [0.2, 0.25) is 0 Å². The van der Waals surface area contributed by atoms with Crippen molar-refractivity contribution in [3.05, 3.63) is 118 Å². The van der Waals surface area contributed by atoms with Gasteiger partial charge in [0, 0.05) is 18.5 Å². The van der Waals surface area contributed by atoms with E-state index in [1.165, 1.54) is 29.1 Å². The zero-order valence-corrected chi connectivity index (χ0v) is 17.6. The number of nitrogens with zero attached hydrogens (tertiary/aromatic N) is 3. The SMILES string of the molecule is O=C(OCc1ccccc1)c1ccc(-n2ccc(OCc3ccc(Cl)cn3)cc2=O)cn1. The molecule has 8 heteroatoms. The van der Waals surface area contributed by atoms with Crippen LogP contribution < -0.4 is 10.3 Å². The summed E-state index contributed by atoms with van der Waals surface area (Å²) in [5.41, 5.74) is 1.96. The van der Waals surface area contributed by atoms with Crippen LogP contribution in [0.1, 0.15) is 21.7 Å². The average molecular weight is 448 g/mol. The van der Waals surface area contributed by atoms with E-state index in [1.807, 2.05) is 30.3 Å². The van der Waals surface area contributed by atoms with E-state index in [4.69, 9.17) is 21.1 Å². The summed E-state index contributed by atoms with van der Waals surface area (Å²) in [4.78, 5) is 33.0. The molecule has 1 aromatic carbocycles. The van der Waals surface area contributed by atoms with Gasteiger partial charge in [0.25, 0.3) is 5.56 Å². The molecule has 0 fully saturated rings. The van der Waals surface area contributed by atoms with Crippen molar-refractivity contribution in [2.24, 2.45) is 0 Å². The van der Waals surface area contributed by atoms with Gasteiger partial charge in [0.05, 0.1) is 22.6 Å². The van der Waals surface area contributed by atoms with Gasteiger partial charge >= 0.3 is 5.97 Å². The van der Waals surface area contributed by atoms with Crippen molar-refractivity contribution in [1.29, 1.82) is 0 Å². The molecule has 0 bridgehead atoms. The van der Waals surface area contributed by atoms with Crippen LogP contribution in [0.15, 0.2) is 90.1 Å². The molecule has 0 atom stereocenters. The van der Waals surface area contributed by atoms with Gasteiger partial charge in [-0.1, -0.05) is 41.9 Å². The maximum absolute atomic E-state index is 12.5. The van der Waals surface area contributed by atoms with Crippen molar-refractivity contribution in [2.45, 2.75) is 13.2 Å². The van der Waals surface area contributed by atoms with Gasteiger partial charge < -0.3 is 9.47 Å². The van der Waals surface area contributed by atoms with Crippen LogP contribution in [0, 0.1) is 0 Å². The minimum absolute atomic E-state index is 0.160. The number of pyridine rings is 3. The lowest BCUT2D eigenvalue weighted by Crippen LogP contribution is -2.17. The van der Waals surface area contributed by atoms with Crippen molar-refractivity contribution < 1.29 is 14.3 Å². The number of aromatic nitrogens is 3. The Bertz CT molecular complexity index is 1260. The van der Waals surface area contributed by atoms with Gasteiger partial charge in [-0.25, -0.2) is 9.78 Å². The molecule has 0 saturated carbocycles. The molecule has 0 N–H and O–H groups in total. The minimum Gasteiger partial charge on any atom is -0.487 e. The smallest absolute Gasteiger partial charge is 0.357 e. The minimum atomic E-state index is -0.535. The molecule has 32 heavy (non-hydrogen) atoms. The largest absolute Gasteiger partial charge is 0.487 e.